The van der Waals surface area contributed by atoms with Crippen molar-refractivity contribution in [2.24, 2.45) is 5.92 Å². The van der Waals surface area contributed by atoms with Gasteiger partial charge in [0.2, 0.25) is 0 Å². The Labute approximate surface area is 232 Å². The molecular weight excluding hydrogens is 508 g/mol. The Morgan fingerprint density at radius 1 is 0.925 bits per heavy atom. The summed E-state index contributed by atoms with van der Waals surface area (Å²) in [6, 6.07) is 22.1. The van der Waals surface area contributed by atoms with Gasteiger partial charge in [0, 0.05) is 23.3 Å². The van der Waals surface area contributed by atoms with Gasteiger partial charge < -0.3 is 14.2 Å². The first kappa shape index (κ1) is 28.1. The van der Waals surface area contributed by atoms with Crippen LogP contribution in [0.15, 0.2) is 72.8 Å². The van der Waals surface area contributed by atoms with Crippen molar-refractivity contribution in [3.05, 3.63) is 94.0 Å². The van der Waals surface area contributed by atoms with Crippen LogP contribution in [0.5, 0.6) is 17.2 Å². The summed E-state index contributed by atoms with van der Waals surface area (Å²) in [6.07, 6.45) is 0. The summed E-state index contributed by atoms with van der Waals surface area (Å²) in [4.78, 5) is 24.6. The zero-order chi connectivity index (χ0) is 29.0. The first-order valence-electron chi connectivity index (χ1n) is 12.8. The number of nitrogens with zero attached hydrogens (tertiary/aromatic N) is 2. The molecule has 0 spiro atoms. The van der Waals surface area contributed by atoms with Crippen LogP contribution in [0.2, 0.25) is 0 Å². The van der Waals surface area contributed by atoms with Crippen molar-refractivity contribution in [2.75, 3.05) is 6.61 Å². The molecular formula is C32H30N2O6. The summed E-state index contributed by atoms with van der Waals surface area (Å²) < 4.78 is 17.8. The molecule has 8 heteroatoms. The molecule has 0 amide bonds. The smallest absolute Gasteiger partial charge is 0.339 e. The number of hydrogen-bond donors (Lipinski definition) is 0. The zero-order valence-corrected chi connectivity index (χ0v) is 23.1. The van der Waals surface area contributed by atoms with Gasteiger partial charge in [-0.3, -0.25) is 10.1 Å². The molecule has 204 valence electrons. The van der Waals surface area contributed by atoms with E-state index in [0.717, 1.165) is 10.8 Å². The molecule has 0 unspecified atom stereocenters. The lowest BCUT2D eigenvalue weighted by Crippen LogP contribution is -2.24. The molecule has 0 radical (unpaired) electrons. The summed E-state index contributed by atoms with van der Waals surface area (Å²) in [5.74, 6) is 0.976. The molecule has 0 bridgehead atoms. The third kappa shape index (κ3) is 6.75. The van der Waals surface area contributed by atoms with E-state index in [0.29, 0.717) is 40.5 Å². The lowest BCUT2D eigenvalue weighted by Gasteiger charge is -2.22. The van der Waals surface area contributed by atoms with Crippen LogP contribution >= 0.6 is 0 Å². The number of non-ortho nitro benzene ring substituents is 1. The van der Waals surface area contributed by atoms with Gasteiger partial charge in [-0.05, 0) is 86.0 Å². The minimum absolute atomic E-state index is 0.153. The molecule has 0 saturated heterocycles. The maximum atomic E-state index is 13.4. The molecule has 4 rings (SSSR count). The van der Waals surface area contributed by atoms with E-state index in [1.54, 1.807) is 57.2 Å². The first-order valence-corrected chi connectivity index (χ1v) is 12.8. The number of ether oxygens (including phenoxy) is 3. The van der Waals surface area contributed by atoms with Crippen molar-refractivity contribution in [3.63, 3.8) is 0 Å². The van der Waals surface area contributed by atoms with Crippen LogP contribution in [0, 0.1) is 27.4 Å². The van der Waals surface area contributed by atoms with Crippen LogP contribution < -0.4 is 9.47 Å². The predicted octanol–water partition coefficient (Wildman–Crippen LogP) is 8.07. The molecule has 40 heavy (non-hydrogen) atoms. The van der Waals surface area contributed by atoms with Gasteiger partial charge in [-0.25, -0.2) is 4.79 Å². The molecule has 4 aromatic rings. The van der Waals surface area contributed by atoms with Gasteiger partial charge in [0.1, 0.15) is 22.8 Å². The maximum absolute atomic E-state index is 13.4. The maximum Gasteiger partial charge on any atom is 0.339 e. The summed E-state index contributed by atoms with van der Waals surface area (Å²) in [5, 5.41) is 22.6. The molecule has 0 aliphatic rings. The Kier molecular flexibility index (Phi) is 8.05. The highest BCUT2D eigenvalue weighted by Crippen LogP contribution is 2.40. The normalized spacial score (nSPS) is 11.2. The zero-order valence-electron chi connectivity index (χ0n) is 23.1. The molecule has 0 saturated carbocycles. The Balaban J connectivity index is 1.83. The molecule has 4 aromatic carbocycles. The second-order valence-electron chi connectivity index (χ2n) is 10.8. The highest BCUT2D eigenvalue weighted by atomic mass is 16.6. The number of nitro benzene ring substituents is 1. The number of nitriles is 1. The molecule has 0 atom stereocenters. The number of carbonyl (C=O) groups excluding carboxylic acids is 1. The molecule has 0 aliphatic carbocycles. The Morgan fingerprint density at radius 2 is 1.62 bits per heavy atom. The Hall–Kier alpha value is -4.90. The fourth-order valence-corrected chi connectivity index (χ4v) is 4.03. The van der Waals surface area contributed by atoms with Gasteiger partial charge in [-0.2, -0.15) is 5.26 Å². The lowest BCUT2D eigenvalue weighted by molar-refractivity contribution is -0.384. The minimum Gasteiger partial charge on any atom is -0.493 e. The van der Waals surface area contributed by atoms with Crippen LogP contribution in [-0.2, 0) is 4.74 Å². The lowest BCUT2D eigenvalue weighted by atomic mass is 9.97. The van der Waals surface area contributed by atoms with Crippen LogP contribution in [0.4, 0.5) is 5.69 Å². The second-order valence-corrected chi connectivity index (χ2v) is 10.8. The van der Waals surface area contributed by atoms with E-state index in [-0.39, 0.29) is 17.2 Å². The molecule has 0 aromatic heterocycles. The van der Waals surface area contributed by atoms with Crippen molar-refractivity contribution in [1.82, 2.24) is 0 Å². The number of esters is 1. The van der Waals surface area contributed by atoms with Gasteiger partial charge >= 0.3 is 5.97 Å². The average molecular weight is 539 g/mol. The van der Waals surface area contributed by atoms with Gasteiger partial charge in [0.25, 0.3) is 5.69 Å². The van der Waals surface area contributed by atoms with Gasteiger partial charge in [0.15, 0.2) is 0 Å². The SMILES string of the molecule is CC(C)COc1ccc(-c2cc([N+](=O)[O-])ccc2Oc2ccc3cc(C#N)ccc3c2)c(C(=O)OC(C)(C)C)c1. The van der Waals surface area contributed by atoms with Crippen LogP contribution in [-0.4, -0.2) is 23.1 Å². The molecule has 0 fully saturated rings. The van der Waals surface area contributed by atoms with Crippen molar-refractivity contribution in [1.29, 1.82) is 5.26 Å². The monoisotopic (exact) mass is 538 g/mol. The number of rotatable bonds is 8. The highest BCUT2D eigenvalue weighted by Gasteiger charge is 2.25. The van der Waals surface area contributed by atoms with E-state index in [2.05, 4.69) is 6.07 Å². The highest BCUT2D eigenvalue weighted by molar-refractivity contribution is 5.99. The van der Waals surface area contributed by atoms with Gasteiger partial charge in [-0.15, -0.1) is 0 Å². The minimum atomic E-state index is -0.762. The Morgan fingerprint density at radius 3 is 2.30 bits per heavy atom. The largest absolute Gasteiger partial charge is 0.493 e. The summed E-state index contributed by atoms with van der Waals surface area (Å²) in [5.41, 5.74) is 0.593. The van der Waals surface area contributed by atoms with Crippen molar-refractivity contribution in [2.45, 2.75) is 40.2 Å². The molecule has 0 aliphatic heterocycles. The topological polar surface area (TPSA) is 112 Å². The number of hydrogen-bond acceptors (Lipinski definition) is 7. The predicted molar refractivity (Wildman–Crippen MR) is 153 cm³/mol. The Bertz CT molecular complexity index is 1630. The quantitative estimate of drug-likeness (QED) is 0.127. The third-order valence-electron chi connectivity index (χ3n) is 5.83. The fourth-order valence-electron chi connectivity index (χ4n) is 4.03. The number of benzene rings is 4. The van der Waals surface area contributed by atoms with E-state index in [1.165, 1.54) is 18.2 Å². The summed E-state index contributed by atoms with van der Waals surface area (Å²) in [7, 11) is 0. The molecule has 0 heterocycles. The van der Waals surface area contributed by atoms with Gasteiger partial charge in [0.05, 0.1) is 28.7 Å². The first-order chi connectivity index (χ1) is 18.9. The summed E-state index contributed by atoms with van der Waals surface area (Å²) in [6.45, 7) is 9.80. The van der Waals surface area contributed by atoms with E-state index >= 15 is 0 Å². The van der Waals surface area contributed by atoms with Crippen molar-refractivity contribution in [3.8, 4) is 34.4 Å². The van der Waals surface area contributed by atoms with Crippen LogP contribution in [0.3, 0.4) is 0 Å². The van der Waals surface area contributed by atoms with Crippen molar-refractivity contribution >= 4 is 22.4 Å². The second kappa shape index (κ2) is 11.5. The fraction of sp³-hybridized carbons (Fsp3) is 0.250. The van der Waals surface area contributed by atoms with E-state index in [4.69, 9.17) is 14.2 Å². The third-order valence-corrected chi connectivity index (χ3v) is 5.83. The number of carbonyl (C=O) groups is 1. The standard InChI is InChI=1S/C32H30N2O6/c1-20(2)19-38-25-11-12-27(29(17-25)31(35)40-32(3,4)5)28-16-24(34(36)37)9-13-30(28)39-26-10-8-22-14-21(18-33)6-7-23(22)15-26/h6-17,20H,19H2,1-5H3. The van der Waals surface area contributed by atoms with E-state index in [9.17, 15) is 20.2 Å². The molecule has 8 nitrogen and oxygen atoms in total. The summed E-state index contributed by atoms with van der Waals surface area (Å²) >= 11 is 0. The molecule has 0 N–H and O–H groups in total. The van der Waals surface area contributed by atoms with Gasteiger partial charge in [-0.1, -0.05) is 26.0 Å². The van der Waals surface area contributed by atoms with E-state index < -0.39 is 16.5 Å². The average Bonchev–Trinajstić information content (AvgIpc) is 2.90. The number of nitro groups is 1. The van der Waals surface area contributed by atoms with Crippen molar-refractivity contribution < 1.29 is 23.9 Å². The van der Waals surface area contributed by atoms with Crippen LogP contribution in [0.25, 0.3) is 21.9 Å². The number of fused-ring (bicyclic) bond motifs is 1. The van der Waals surface area contributed by atoms with E-state index in [1.807, 2.05) is 32.0 Å². The van der Waals surface area contributed by atoms with Crippen LogP contribution in [0.1, 0.15) is 50.5 Å².